The molecule has 0 unspecified atom stereocenters. The molecule has 1 saturated carbocycles. The number of halogens is 3. The van der Waals surface area contributed by atoms with Crippen molar-refractivity contribution in [1.82, 2.24) is 15.2 Å². The number of hydrogen-bond acceptors (Lipinski definition) is 3. The van der Waals surface area contributed by atoms with Gasteiger partial charge >= 0.3 is 6.18 Å². The SMILES string of the molecule is CN=C(NCCOc1ccc(C(F)(F)F)cn1)N1CCC2(CCC2)C1. The first-order valence-corrected chi connectivity index (χ1v) is 8.54. The highest BCUT2D eigenvalue weighted by Gasteiger charge is 2.43. The van der Waals surface area contributed by atoms with Crippen LogP contribution in [-0.4, -0.2) is 49.1 Å². The Hall–Kier alpha value is -1.99. The maximum absolute atomic E-state index is 12.5. The van der Waals surface area contributed by atoms with Crippen LogP contribution in [0, 0.1) is 5.41 Å². The minimum absolute atomic E-state index is 0.180. The van der Waals surface area contributed by atoms with Gasteiger partial charge in [-0.25, -0.2) is 4.98 Å². The fraction of sp³-hybridized carbons (Fsp3) is 0.647. The zero-order chi connectivity index (χ0) is 17.9. The number of pyridine rings is 1. The lowest BCUT2D eigenvalue weighted by Gasteiger charge is -2.38. The average molecular weight is 356 g/mol. The van der Waals surface area contributed by atoms with E-state index in [0.717, 1.165) is 31.3 Å². The van der Waals surface area contributed by atoms with Gasteiger partial charge in [-0.2, -0.15) is 13.2 Å². The molecule has 1 saturated heterocycles. The summed E-state index contributed by atoms with van der Waals surface area (Å²) in [6.07, 6.45) is 1.57. The van der Waals surface area contributed by atoms with Gasteiger partial charge < -0.3 is 15.0 Å². The van der Waals surface area contributed by atoms with Crippen molar-refractivity contribution in [1.29, 1.82) is 0 Å². The van der Waals surface area contributed by atoms with Crippen LogP contribution in [0.15, 0.2) is 23.3 Å². The number of nitrogens with one attached hydrogen (secondary N) is 1. The molecule has 1 aromatic rings. The molecule has 0 radical (unpaired) electrons. The minimum atomic E-state index is -4.38. The van der Waals surface area contributed by atoms with E-state index in [1.807, 2.05) is 0 Å². The van der Waals surface area contributed by atoms with Crippen molar-refractivity contribution in [2.75, 3.05) is 33.3 Å². The molecule has 25 heavy (non-hydrogen) atoms. The Labute approximate surface area is 145 Å². The third-order valence-corrected chi connectivity index (χ3v) is 5.06. The molecular weight excluding hydrogens is 333 g/mol. The van der Waals surface area contributed by atoms with E-state index in [1.165, 1.54) is 31.7 Å². The maximum atomic E-state index is 12.5. The Morgan fingerprint density at radius 2 is 2.16 bits per heavy atom. The van der Waals surface area contributed by atoms with Gasteiger partial charge in [0.1, 0.15) is 6.61 Å². The van der Waals surface area contributed by atoms with Gasteiger partial charge in [-0.1, -0.05) is 6.42 Å². The summed E-state index contributed by atoms with van der Waals surface area (Å²) in [5, 5.41) is 3.25. The lowest BCUT2D eigenvalue weighted by atomic mass is 9.68. The first-order valence-electron chi connectivity index (χ1n) is 8.54. The Morgan fingerprint density at radius 1 is 1.36 bits per heavy atom. The normalized spacial score (nSPS) is 19.8. The number of likely N-dealkylation sites (tertiary alicyclic amines) is 1. The van der Waals surface area contributed by atoms with Crippen molar-refractivity contribution >= 4 is 5.96 Å². The van der Waals surface area contributed by atoms with Crippen molar-refractivity contribution in [2.24, 2.45) is 10.4 Å². The van der Waals surface area contributed by atoms with Gasteiger partial charge in [0.25, 0.3) is 0 Å². The second-order valence-electron chi connectivity index (χ2n) is 6.73. The zero-order valence-electron chi connectivity index (χ0n) is 14.3. The topological polar surface area (TPSA) is 49.8 Å². The second-order valence-corrected chi connectivity index (χ2v) is 6.73. The maximum Gasteiger partial charge on any atom is 0.417 e. The average Bonchev–Trinajstić information content (AvgIpc) is 3.00. The van der Waals surface area contributed by atoms with Crippen LogP contribution in [0.3, 0.4) is 0 Å². The Balaban J connectivity index is 1.41. The molecule has 5 nitrogen and oxygen atoms in total. The van der Waals surface area contributed by atoms with Crippen molar-refractivity contribution < 1.29 is 17.9 Å². The van der Waals surface area contributed by atoms with Gasteiger partial charge in [0.15, 0.2) is 5.96 Å². The number of aliphatic imine (C=N–C) groups is 1. The molecule has 0 atom stereocenters. The molecule has 0 amide bonds. The van der Waals surface area contributed by atoms with Crippen LogP contribution < -0.4 is 10.1 Å². The van der Waals surface area contributed by atoms with Crippen LogP contribution in [0.4, 0.5) is 13.2 Å². The molecule has 0 aromatic carbocycles. The Bertz CT molecular complexity index is 611. The molecule has 1 N–H and O–H groups in total. The summed E-state index contributed by atoms with van der Waals surface area (Å²) in [5.41, 5.74) is -0.282. The van der Waals surface area contributed by atoms with Gasteiger partial charge in [-0.3, -0.25) is 4.99 Å². The van der Waals surface area contributed by atoms with Crippen LogP contribution in [0.1, 0.15) is 31.2 Å². The number of nitrogens with zero attached hydrogens (tertiary/aromatic N) is 3. The smallest absolute Gasteiger partial charge is 0.417 e. The van der Waals surface area contributed by atoms with Crippen molar-refractivity contribution in [3.63, 3.8) is 0 Å². The van der Waals surface area contributed by atoms with Crippen molar-refractivity contribution in [3.05, 3.63) is 23.9 Å². The summed E-state index contributed by atoms with van der Waals surface area (Å²) in [5.74, 6) is 1.03. The number of guanidine groups is 1. The molecule has 1 aliphatic heterocycles. The first-order chi connectivity index (χ1) is 11.9. The Morgan fingerprint density at radius 3 is 2.68 bits per heavy atom. The quantitative estimate of drug-likeness (QED) is 0.512. The molecule has 1 aliphatic carbocycles. The third-order valence-electron chi connectivity index (χ3n) is 5.06. The largest absolute Gasteiger partial charge is 0.476 e. The highest BCUT2D eigenvalue weighted by Crippen LogP contribution is 2.47. The lowest BCUT2D eigenvalue weighted by Crippen LogP contribution is -2.43. The van der Waals surface area contributed by atoms with Gasteiger partial charge in [-0.15, -0.1) is 0 Å². The monoisotopic (exact) mass is 356 g/mol. The van der Waals surface area contributed by atoms with E-state index in [0.29, 0.717) is 18.6 Å². The van der Waals surface area contributed by atoms with Gasteiger partial charge in [0.05, 0.1) is 12.1 Å². The fourth-order valence-electron chi connectivity index (χ4n) is 3.48. The molecule has 3 rings (SSSR count). The lowest BCUT2D eigenvalue weighted by molar-refractivity contribution is -0.137. The van der Waals surface area contributed by atoms with E-state index >= 15 is 0 Å². The molecule has 1 spiro atoms. The van der Waals surface area contributed by atoms with Crippen LogP contribution >= 0.6 is 0 Å². The van der Waals surface area contributed by atoms with E-state index in [9.17, 15) is 13.2 Å². The predicted molar refractivity (Wildman–Crippen MR) is 88.6 cm³/mol. The molecule has 0 bridgehead atoms. The molecule has 138 valence electrons. The van der Waals surface area contributed by atoms with Crippen LogP contribution in [0.2, 0.25) is 0 Å². The van der Waals surface area contributed by atoms with Gasteiger partial charge in [0, 0.05) is 32.4 Å². The summed E-state index contributed by atoms with van der Waals surface area (Å²) < 4.78 is 42.8. The van der Waals surface area contributed by atoms with E-state index in [4.69, 9.17) is 4.74 Å². The van der Waals surface area contributed by atoms with Gasteiger partial charge in [-0.05, 0) is 30.7 Å². The second kappa shape index (κ2) is 7.09. The number of ether oxygens (including phenoxy) is 1. The van der Waals surface area contributed by atoms with Crippen LogP contribution in [0.5, 0.6) is 5.88 Å². The highest BCUT2D eigenvalue weighted by atomic mass is 19.4. The van der Waals surface area contributed by atoms with E-state index in [2.05, 4.69) is 20.2 Å². The van der Waals surface area contributed by atoms with Crippen molar-refractivity contribution in [2.45, 2.75) is 31.9 Å². The van der Waals surface area contributed by atoms with Crippen LogP contribution in [-0.2, 0) is 6.18 Å². The first kappa shape index (κ1) is 17.8. The predicted octanol–water partition coefficient (Wildman–Crippen LogP) is 2.93. The molecule has 1 aromatic heterocycles. The molecular formula is C17H23F3N4O. The van der Waals surface area contributed by atoms with Crippen LogP contribution in [0.25, 0.3) is 0 Å². The van der Waals surface area contributed by atoms with E-state index in [1.54, 1.807) is 7.05 Å². The van der Waals surface area contributed by atoms with E-state index in [-0.39, 0.29) is 5.88 Å². The Kier molecular flexibility index (Phi) is 5.06. The summed E-state index contributed by atoms with van der Waals surface area (Å²) in [4.78, 5) is 10.3. The number of aromatic nitrogens is 1. The molecule has 2 aliphatic rings. The summed E-state index contributed by atoms with van der Waals surface area (Å²) >= 11 is 0. The number of alkyl halides is 3. The fourth-order valence-corrected chi connectivity index (χ4v) is 3.48. The molecule has 8 heteroatoms. The van der Waals surface area contributed by atoms with E-state index < -0.39 is 11.7 Å². The summed E-state index contributed by atoms with van der Waals surface area (Å²) in [6.45, 7) is 2.88. The number of rotatable bonds is 4. The highest BCUT2D eigenvalue weighted by molar-refractivity contribution is 5.80. The summed E-state index contributed by atoms with van der Waals surface area (Å²) in [6, 6.07) is 2.20. The zero-order valence-corrected chi connectivity index (χ0v) is 14.3. The standard InChI is InChI=1S/C17H23F3N4O/c1-21-15(24-9-7-16(12-24)5-2-6-16)22-8-10-25-14-4-3-13(11-23-14)17(18,19)20/h3-4,11H,2,5-10,12H2,1H3,(H,21,22). The summed E-state index contributed by atoms with van der Waals surface area (Å²) in [7, 11) is 1.76. The molecule has 2 fully saturated rings. The van der Waals surface area contributed by atoms with Gasteiger partial charge in [0.2, 0.25) is 5.88 Å². The third kappa shape index (κ3) is 4.16. The van der Waals surface area contributed by atoms with Crippen molar-refractivity contribution in [3.8, 4) is 5.88 Å². The minimum Gasteiger partial charge on any atom is -0.476 e. The molecule has 2 heterocycles. The number of hydrogen-bond donors (Lipinski definition) is 1.